The lowest BCUT2D eigenvalue weighted by atomic mass is 9.96. The maximum atomic E-state index is 2.30. The number of hydrogen-bond donors (Lipinski definition) is 0. The fourth-order valence-electron chi connectivity index (χ4n) is 7.70. The Labute approximate surface area is 558 Å². The molecule has 0 aliphatic heterocycles. The molecule has 2 atom stereocenters. The molecular formula is C89H144. The van der Waals surface area contributed by atoms with Crippen molar-refractivity contribution in [1.29, 1.82) is 0 Å². The first-order chi connectivity index (χ1) is 39.8. The largest absolute Gasteiger partial charge is 0.0888 e. The van der Waals surface area contributed by atoms with E-state index in [0.717, 1.165) is 38.5 Å². The molecule has 500 valence electrons. The maximum absolute atomic E-state index is 2.30. The Morgan fingerprint density at radius 3 is 0.663 bits per heavy atom. The van der Waals surface area contributed by atoms with Crippen LogP contribution < -0.4 is 0 Å². The Morgan fingerprint density at radius 1 is 0.247 bits per heavy atom. The van der Waals surface area contributed by atoms with Crippen LogP contribution in [0.2, 0.25) is 0 Å². The Hall–Kier alpha value is -6.50. The minimum absolute atomic E-state index is 0. The zero-order valence-electron chi connectivity index (χ0n) is 54.9. The molecule has 2 unspecified atom stereocenters. The molecule has 0 bridgehead atoms. The summed E-state index contributed by atoms with van der Waals surface area (Å²) in [5, 5.41) is 0. The molecule has 0 N–H and O–H groups in total. The van der Waals surface area contributed by atoms with Crippen molar-refractivity contribution in [3.8, 4) is 0 Å². The third kappa shape index (κ3) is 55.3. The number of rotatable bonds is 22. The van der Waals surface area contributed by atoms with Gasteiger partial charge >= 0.3 is 0 Å². The van der Waals surface area contributed by atoms with Gasteiger partial charge in [0.1, 0.15) is 0 Å². The van der Waals surface area contributed by atoms with Gasteiger partial charge in [-0.1, -0.05) is 406 Å². The molecule has 6 rings (SSSR count). The minimum atomic E-state index is 0. The summed E-state index contributed by atoms with van der Waals surface area (Å²) in [6, 6.07) is 56.6. The predicted molar refractivity (Wildman–Crippen MR) is 423 cm³/mol. The van der Waals surface area contributed by atoms with Gasteiger partial charge in [-0.15, -0.1) is 0 Å². The monoisotopic (exact) mass is 1210 g/mol. The van der Waals surface area contributed by atoms with Gasteiger partial charge in [-0.05, 0) is 156 Å². The highest BCUT2D eigenvalue weighted by atomic mass is 14.1. The lowest BCUT2D eigenvalue weighted by Gasteiger charge is -2.09. The van der Waals surface area contributed by atoms with E-state index in [2.05, 4.69) is 354 Å². The van der Waals surface area contributed by atoms with Gasteiger partial charge in [0.05, 0.1) is 0 Å². The molecule has 0 aliphatic rings. The molecule has 0 heterocycles. The Kier molecular flexibility index (Phi) is 76.5. The van der Waals surface area contributed by atoms with Crippen molar-refractivity contribution in [3.05, 3.63) is 286 Å². The molecule has 89 heavy (non-hydrogen) atoms. The SMILES string of the molecule is C.C.C.C.C.C.C.CC(C)C=CC(C)C.CC(C=CC(C)c1ccccc1)c1ccccc1.CCC=CCC.CCC=CCC.CCC=CCC.CCc1ccc(C=Cc2ccc(CC)cc2)cc1.CCc1ccc(CC=CCc2ccc(CC)cc2)cc1. The standard InChI is InChI=1S/C20H24.2C18H20.C8H16.3C6H12.7CH4/c1-3-17-9-13-19(14-10-17)7-5-6-8-20-15-11-18(4-2)12-16-20;1-15(17-9-5-3-6-10-17)13-14-16(2)18-11-7-4-8-12-18;1-3-15-5-9-17(10-6-15)13-14-18-11-7-16(4-2)8-12-18;1-7(2)5-6-8(3)4;3*1-3-5-6-4-2;;;;;;;/h5-6,9-16H,3-4,7-8H2,1-2H3;3-16H,1-2H3;5-14H,3-4H2,1-2H3;5-8H,1-4H3;3*5-6H,3-4H2,1-2H3;7*1H4. The van der Waals surface area contributed by atoms with Gasteiger partial charge in [-0.25, -0.2) is 0 Å². The summed E-state index contributed by atoms with van der Waals surface area (Å²) in [5.74, 6) is 2.35. The molecule has 0 heteroatoms. The average molecular weight is 1210 g/mol. The van der Waals surface area contributed by atoms with Crippen molar-refractivity contribution in [2.75, 3.05) is 0 Å². The first-order valence-corrected chi connectivity index (χ1v) is 31.9. The predicted octanol–water partition coefficient (Wildman–Crippen LogP) is 29.7. The molecule has 0 radical (unpaired) electrons. The minimum Gasteiger partial charge on any atom is -0.0888 e. The summed E-state index contributed by atoms with van der Waals surface area (Å²) >= 11 is 0. The number of hydrogen-bond acceptors (Lipinski definition) is 0. The molecule has 6 aromatic carbocycles. The van der Waals surface area contributed by atoms with E-state index in [1.807, 2.05) is 0 Å². The molecule has 0 spiro atoms. The smallest absolute Gasteiger partial charge is 0.00102 e. The number of aryl methyl sites for hydroxylation is 4. The summed E-state index contributed by atoms with van der Waals surface area (Å²) in [4.78, 5) is 0. The van der Waals surface area contributed by atoms with Crippen LogP contribution in [0.25, 0.3) is 12.2 Å². The van der Waals surface area contributed by atoms with Crippen LogP contribution in [-0.4, -0.2) is 0 Å². The molecule has 0 aromatic heterocycles. The molecule has 0 aliphatic carbocycles. The van der Waals surface area contributed by atoms with Crippen molar-refractivity contribution in [2.45, 2.75) is 252 Å². The Balaban J connectivity index is -0.000000149. The van der Waals surface area contributed by atoms with E-state index in [0.29, 0.717) is 23.7 Å². The summed E-state index contributed by atoms with van der Waals surface area (Å²) in [7, 11) is 0. The quantitative estimate of drug-likeness (QED) is 0.0469. The molecule has 0 saturated heterocycles. The van der Waals surface area contributed by atoms with Crippen LogP contribution in [0.3, 0.4) is 0 Å². The zero-order valence-corrected chi connectivity index (χ0v) is 54.9. The van der Waals surface area contributed by atoms with Crippen LogP contribution in [0.5, 0.6) is 0 Å². The number of benzene rings is 6. The zero-order chi connectivity index (χ0) is 60.9. The van der Waals surface area contributed by atoms with Gasteiger partial charge < -0.3 is 0 Å². The van der Waals surface area contributed by atoms with E-state index in [4.69, 9.17) is 0 Å². The van der Waals surface area contributed by atoms with Crippen molar-refractivity contribution in [2.24, 2.45) is 11.8 Å². The van der Waals surface area contributed by atoms with E-state index in [1.165, 1.54) is 94.2 Å². The second kappa shape index (κ2) is 69.0. The van der Waals surface area contributed by atoms with E-state index in [-0.39, 0.29) is 52.0 Å². The third-order valence-electron chi connectivity index (χ3n) is 13.1. The Morgan fingerprint density at radius 2 is 0.461 bits per heavy atom. The molecule has 6 aromatic rings. The fourth-order valence-corrected chi connectivity index (χ4v) is 7.70. The molecule has 0 fully saturated rings. The average Bonchev–Trinajstić information content (AvgIpc) is 3.74. The second-order valence-electron chi connectivity index (χ2n) is 21.3. The molecule has 0 nitrogen and oxygen atoms in total. The maximum Gasteiger partial charge on any atom is -0.00102 e. The van der Waals surface area contributed by atoms with E-state index in [1.54, 1.807) is 0 Å². The van der Waals surface area contributed by atoms with Crippen LogP contribution in [0.1, 0.15) is 269 Å². The normalized spacial score (nSPS) is 10.9. The lowest BCUT2D eigenvalue weighted by Crippen LogP contribution is -1.92. The summed E-state index contributed by atoms with van der Waals surface area (Å²) in [5.41, 5.74) is 13.6. The highest BCUT2D eigenvalue weighted by Crippen LogP contribution is 2.21. The second-order valence-corrected chi connectivity index (χ2v) is 21.3. The van der Waals surface area contributed by atoms with Gasteiger partial charge in [-0.3, -0.25) is 0 Å². The van der Waals surface area contributed by atoms with Crippen LogP contribution >= 0.6 is 0 Å². The first kappa shape index (κ1) is 98.7. The summed E-state index contributed by atoms with van der Waals surface area (Å²) < 4.78 is 0. The third-order valence-corrected chi connectivity index (χ3v) is 13.1. The van der Waals surface area contributed by atoms with E-state index < -0.39 is 0 Å². The van der Waals surface area contributed by atoms with Crippen molar-refractivity contribution >= 4 is 12.2 Å². The van der Waals surface area contributed by atoms with Gasteiger partial charge in [0.15, 0.2) is 0 Å². The first-order valence-electron chi connectivity index (χ1n) is 31.9. The molecule has 0 saturated carbocycles. The highest BCUT2D eigenvalue weighted by Gasteiger charge is 2.03. The fraction of sp³-hybridized carbons (Fsp3) is 0.438. The molecule has 0 amide bonds. The van der Waals surface area contributed by atoms with Crippen LogP contribution in [0, 0.1) is 11.8 Å². The van der Waals surface area contributed by atoms with Gasteiger partial charge in [0, 0.05) is 0 Å². The van der Waals surface area contributed by atoms with Crippen LogP contribution in [-0.2, 0) is 38.5 Å². The number of allylic oxidation sites excluding steroid dienone is 12. The Bertz CT molecular complexity index is 2330. The van der Waals surface area contributed by atoms with Crippen molar-refractivity contribution in [3.63, 3.8) is 0 Å². The summed E-state index contributed by atoms with van der Waals surface area (Å²) in [6.45, 7) is 34.9. The topological polar surface area (TPSA) is 0 Å². The highest BCUT2D eigenvalue weighted by molar-refractivity contribution is 5.69. The van der Waals surface area contributed by atoms with Gasteiger partial charge in [0.25, 0.3) is 0 Å². The van der Waals surface area contributed by atoms with Gasteiger partial charge in [-0.2, -0.15) is 0 Å². The van der Waals surface area contributed by atoms with Crippen LogP contribution in [0.15, 0.2) is 231 Å². The van der Waals surface area contributed by atoms with Gasteiger partial charge in [0.2, 0.25) is 0 Å². The summed E-state index contributed by atoms with van der Waals surface area (Å²) in [6.07, 6.45) is 44.6. The molecular weight excluding hydrogens is 1070 g/mol. The van der Waals surface area contributed by atoms with E-state index >= 15 is 0 Å². The van der Waals surface area contributed by atoms with Crippen molar-refractivity contribution in [1.82, 2.24) is 0 Å². The van der Waals surface area contributed by atoms with Crippen molar-refractivity contribution < 1.29 is 0 Å². The lowest BCUT2D eigenvalue weighted by molar-refractivity contribution is 0.780. The van der Waals surface area contributed by atoms with E-state index in [9.17, 15) is 0 Å². The van der Waals surface area contributed by atoms with Crippen LogP contribution in [0.4, 0.5) is 0 Å².